The molecule has 0 heterocycles. The molecule has 1 amide bonds. The highest BCUT2D eigenvalue weighted by Crippen LogP contribution is 2.36. The number of carbonyl (C=O) groups is 2. The molecular weight excluding hydrogens is 386 g/mol. The third-order valence-corrected chi connectivity index (χ3v) is 5.45. The van der Waals surface area contributed by atoms with Gasteiger partial charge >= 0.3 is 5.97 Å². The van der Waals surface area contributed by atoms with Gasteiger partial charge in [0.2, 0.25) is 5.91 Å². The lowest BCUT2D eigenvalue weighted by atomic mass is 9.74. The minimum absolute atomic E-state index is 0.0504. The van der Waals surface area contributed by atoms with Crippen molar-refractivity contribution in [2.45, 2.75) is 25.3 Å². The average Bonchev–Trinajstić information content (AvgIpc) is 2.79. The zero-order valence-electron chi connectivity index (χ0n) is 17.5. The molecule has 4 heteroatoms. The summed E-state index contributed by atoms with van der Waals surface area (Å²) < 4.78 is 0. The number of carboxylic acid groups (broad SMARTS) is 1. The second kappa shape index (κ2) is 10.9. The van der Waals surface area contributed by atoms with Crippen LogP contribution < -0.4 is 5.32 Å². The monoisotopic (exact) mass is 413 g/mol. The normalized spacial score (nSPS) is 13.1. The SMILES string of the molecule is CC(NC(=O)/C=C\C(=O)O)C(Cc1ccccc1)C(c1ccccc1)c1ccccc1. The summed E-state index contributed by atoms with van der Waals surface area (Å²) in [5, 5.41) is 11.8. The summed E-state index contributed by atoms with van der Waals surface area (Å²) in [4.78, 5) is 23.1. The Morgan fingerprint density at radius 1 is 0.806 bits per heavy atom. The lowest BCUT2D eigenvalue weighted by molar-refractivity contribution is -0.131. The molecule has 0 aromatic heterocycles. The summed E-state index contributed by atoms with van der Waals surface area (Å²) in [7, 11) is 0. The lowest BCUT2D eigenvalue weighted by Gasteiger charge is -2.33. The Bertz CT molecular complexity index is 961. The van der Waals surface area contributed by atoms with Crippen LogP contribution in [0.15, 0.2) is 103 Å². The number of amides is 1. The van der Waals surface area contributed by atoms with Gasteiger partial charge in [0.1, 0.15) is 0 Å². The van der Waals surface area contributed by atoms with Crippen LogP contribution in [-0.4, -0.2) is 23.0 Å². The van der Waals surface area contributed by atoms with Gasteiger partial charge in [0, 0.05) is 24.1 Å². The zero-order valence-corrected chi connectivity index (χ0v) is 17.5. The van der Waals surface area contributed by atoms with E-state index in [0.29, 0.717) is 0 Å². The second-order valence-corrected chi connectivity index (χ2v) is 7.62. The van der Waals surface area contributed by atoms with Gasteiger partial charge in [-0.25, -0.2) is 4.79 Å². The summed E-state index contributed by atoms with van der Waals surface area (Å²) in [6.45, 7) is 1.99. The van der Waals surface area contributed by atoms with E-state index in [-0.39, 0.29) is 17.9 Å². The van der Waals surface area contributed by atoms with E-state index in [1.54, 1.807) is 0 Å². The molecule has 2 N–H and O–H groups in total. The first-order valence-electron chi connectivity index (χ1n) is 10.4. The molecule has 0 aliphatic carbocycles. The fourth-order valence-electron chi connectivity index (χ4n) is 4.00. The van der Waals surface area contributed by atoms with Crippen LogP contribution in [0.4, 0.5) is 0 Å². The molecule has 0 radical (unpaired) electrons. The van der Waals surface area contributed by atoms with Crippen molar-refractivity contribution in [3.05, 3.63) is 120 Å². The minimum Gasteiger partial charge on any atom is -0.478 e. The minimum atomic E-state index is -1.14. The van der Waals surface area contributed by atoms with Crippen molar-refractivity contribution in [2.75, 3.05) is 0 Å². The fourth-order valence-corrected chi connectivity index (χ4v) is 4.00. The summed E-state index contributed by atoms with van der Waals surface area (Å²) in [5.74, 6) is -1.45. The van der Waals surface area contributed by atoms with Crippen molar-refractivity contribution in [2.24, 2.45) is 5.92 Å². The molecule has 3 aromatic carbocycles. The quantitative estimate of drug-likeness (QED) is 0.494. The van der Waals surface area contributed by atoms with Crippen LogP contribution in [0.25, 0.3) is 0 Å². The number of nitrogens with one attached hydrogen (secondary N) is 1. The van der Waals surface area contributed by atoms with E-state index in [4.69, 9.17) is 5.11 Å². The van der Waals surface area contributed by atoms with Gasteiger partial charge in [-0.15, -0.1) is 0 Å². The number of carbonyl (C=O) groups excluding carboxylic acids is 1. The highest BCUT2D eigenvalue weighted by Gasteiger charge is 2.30. The maximum Gasteiger partial charge on any atom is 0.328 e. The van der Waals surface area contributed by atoms with E-state index >= 15 is 0 Å². The Morgan fingerprint density at radius 3 is 1.77 bits per heavy atom. The third-order valence-electron chi connectivity index (χ3n) is 5.45. The number of hydrogen-bond acceptors (Lipinski definition) is 2. The molecule has 158 valence electrons. The first-order chi connectivity index (χ1) is 15.0. The Morgan fingerprint density at radius 2 is 1.29 bits per heavy atom. The Hall–Kier alpha value is -3.66. The molecule has 0 saturated carbocycles. The van der Waals surface area contributed by atoms with E-state index in [1.165, 1.54) is 16.7 Å². The van der Waals surface area contributed by atoms with Crippen molar-refractivity contribution in [1.82, 2.24) is 5.32 Å². The van der Waals surface area contributed by atoms with E-state index < -0.39 is 11.9 Å². The molecule has 0 aliphatic heterocycles. The summed E-state index contributed by atoms with van der Waals surface area (Å²) in [6.07, 6.45) is 2.69. The summed E-state index contributed by atoms with van der Waals surface area (Å²) >= 11 is 0. The van der Waals surface area contributed by atoms with E-state index in [2.05, 4.69) is 41.7 Å². The second-order valence-electron chi connectivity index (χ2n) is 7.62. The van der Waals surface area contributed by atoms with Gasteiger partial charge in [0.05, 0.1) is 0 Å². The smallest absolute Gasteiger partial charge is 0.328 e. The van der Waals surface area contributed by atoms with Crippen molar-refractivity contribution >= 4 is 11.9 Å². The number of rotatable bonds is 9. The Labute approximate surface area is 183 Å². The van der Waals surface area contributed by atoms with Gasteiger partial charge in [-0.05, 0) is 36.0 Å². The maximum atomic E-state index is 12.3. The largest absolute Gasteiger partial charge is 0.478 e. The lowest BCUT2D eigenvalue weighted by Crippen LogP contribution is -2.41. The molecule has 0 bridgehead atoms. The summed E-state index contributed by atoms with van der Waals surface area (Å²) in [5.41, 5.74) is 3.54. The van der Waals surface area contributed by atoms with Crippen LogP contribution in [0.1, 0.15) is 29.5 Å². The van der Waals surface area contributed by atoms with Gasteiger partial charge in [-0.2, -0.15) is 0 Å². The maximum absolute atomic E-state index is 12.3. The van der Waals surface area contributed by atoms with Crippen molar-refractivity contribution in [3.63, 3.8) is 0 Å². The van der Waals surface area contributed by atoms with Crippen LogP contribution in [0.3, 0.4) is 0 Å². The zero-order chi connectivity index (χ0) is 22.1. The van der Waals surface area contributed by atoms with Crippen molar-refractivity contribution < 1.29 is 14.7 Å². The van der Waals surface area contributed by atoms with Crippen LogP contribution in [0.5, 0.6) is 0 Å². The summed E-state index contributed by atoms with van der Waals surface area (Å²) in [6, 6.07) is 30.6. The Balaban J connectivity index is 1.99. The average molecular weight is 414 g/mol. The van der Waals surface area contributed by atoms with E-state index in [0.717, 1.165) is 18.6 Å². The molecule has 4 nitrogen and oxygen atoms in total. The molecule has 31 heavy (non-hydrogen) atoms. The predicted octanol–water partition coefficient (Wildman–Crippen LogP) is 4.82. The van der Waals surface area contributed by atoms with Crippen LogP contribution in [0, 0.1) is 5.92 Å². The number of carboxylic acids is 1. The van der Waals surface area contributed by atoms with Gasteiger partial charge < -0.3 is 10.4 Å². The van der Waals surface area contributed by atoms with Gasteiger partial charge in [-0.1, -0.05) is 91.0 Å². The number of aliphatic carboxylic acids is 1. The van der Waals surface area contributed by atoms with Gasteiger partial charge in [-0.3, -0.25) is 4.79 Å². The third kappa shape index (κ3) is 6.41. The molecule has 3 aromatic rings. The first kappa shape index (κ1) is 22.0. The van der Waals surface area contributed by atoms with Crippen LogP contribution >= 0.6 is 0 Å². The van der Waals surface area contributed by atoms with Crippen molar-refractivity contribution in [1.29, 1.82) is 0 Å². The van der Waals surface area contributed by atoms with E-state index in [9.17, 15) is 9.59 Å². The topological polar surface area (TPSA) is 66.4 Å². The van der Waals surface area contributed by atoms with Gasteiger partial charge in [0.25, 0.3) is 0 Å². The number of benzene rings is 3. The first-order valence-corrected chi connectivity index (χ1v) is 10.4. The van der Waals surface area contributed by atoms with E-state index in [1.807, 2.05) is 61.5 Å². The van der Waals surface area contributed by atoms with Gasteiger partial charge in [0.15, 0.2) is 0 Å². The van der Waals surface area contributed by atoms with Crippen molar-refractivity contribution in [3.8, 4) is 0 Å². The molecule has 3 rings (SSSR count). The highest BCUT2D eigenvalue weighted by molar-refractivity contribution is 5.94. The Kier molecular flexibility index (Phi) is 7.77. The molecule has 2 unspecified atom stereocenters. The van der Waals surface area contributed by atoms with Crippen LogP contribution in [-0.2, 0) is 16.0 Å². The van der Waals surface area contributed by atoms with Crippen LogP contribution in [0.2, 0.25) is 0 Å². The molecule has 0 fully saturated rings. The predicted molar refractivity (Wildman–Crippen MR) is 123 cm³/mol. The highest BCUT2D eigenvalue weighted by atomic mass is 16.4. The fraction of sp³-hybridized carbons (Fsp3) is 0.185. The molecular formula is C27H27NO3. The molecule has 0 saturated heterocycles. The molecule has 0 spiro atoms. The molecule has 2 atom stereocenters. The molecule has 0 aliphatic rings. The standard InChI is InChI=1S/C27H27NO3/c1-20(28-25(29)17-18-26(30)31)24(19-21-11-5-2-6-12-21)27(22-13-7-3-8-14-22)23-15-9-4-10-16-23/h2-18,20,24,27H,19H2,1H3,(H,28,29)(H,30,31)/b18-17-. The number of hydrogen-bond donors (Lipinski definition) is 2.